The van der Waals surface area contributed by atoms with Gasteiger partial charge in [0, 0.05) is 12.2 Å². The summed E-state index contributed by atoms with van der Waals surface area (Å²) in [5, 5.41) is 3.55. The van der Waals surface area contributed by atoms with Gasteiger partial charge in [-0.1, -0.05) is 29.8 Å². The van der Waals surface area contributed by atoms with Crippen LogP contribution in [0.2, 0.25) is 0 Å². The van der Waals surface area contributed by atoms with Gasteiger partial charge in [-0.3, -0.25) is 0 Å². The maximum absolute atomic E-state index is 4.23. The number of nitrogens with zero attached hydrogens (tertiary/aromatic N) is 1. The number of hydrogen-bond acceptors (Lipinski definition) is 2. The number of nitrogens with one attached hydrogen (secondary N) is 1. The molecular formula is C16H17BrN2. The molecule has 0 radical (unpaired) electrons. The van der Waals surface area contributed by atoms with E-state index in [4.69, 9.17) is 0 Å². The first kappa shape index (κ1) is 12.7. The minimum Gasteiger partial charge on any atom is -0.380 e. The summed E-state index contributed by atoms with van der Waals surface area (Å²) < 4.78 is 0.897. The molecule has 2 nitrogen and oxygen atoms in total. The molecule has 1 fully saturated rings. The van der Waals surface area contributed by atoms with E-state index in [2.05, 4.69) is 63.5 Å². The Kier molecular flexibility index (Phi) is 3.56. The molecule has 3 rings (SSSR count). The van der Waals surface area contributed by atoms with Crippen molar-refractivity contribution >= 4 is 21.6 Å². The number of benzene rings is 1. The Morgan fingerprint density at radius 2 is 2.05 bits per heavy atom. The van der Waals surface area contributed by atoms with Crippen LogP contribution >= 0.6 is 15.9 Å². The third-order valence-corrected chi connectivity index (χ3v) is 4.40. The van der Waals surface area contributed by atoms with Crippen molar-refractivity contribution in [2.75, 3.05) is 5.32 Å². The van der Waals surface area contributed by atoms with E-state index in [1.54, 1.807) is 6.20 Å². The number of aromatic nitrogens is 1. The van der Waals surface area contributed by atoms with Gasteiger partial charge in [0.15, 0.2) is 0 Å². The summed E-state index contributed by atoms with van der Waals surface area (Å²) in [6.45, 7) is 2.16. The molecule has 0 unspecified atom stereocenters. The average molecular weight is 317 g/mol. The van der Waals surface area contributed by atoms with Crippen LogP contribution in [0.1, 0.15) is 29.9 Å². The predicted molar refractivity (Wildman–Crippen MR) is 82.5 cm³/mol. The van der Waals surface area contributed by atoms with Gasteiger partial charge in [-0.05, 0) is 59.3 Å². The lowest BCUT2D eigenvalue weighted by Gasteiger charge is -2.37. The van der Waals surface area contributed by atoms with Crippen LogP contribution in [-0.4, -0.2) is 11.0 Å². The Morgan fingerprint density at radius 1 is 1.21 bits per heavy atom. The van der Waals surface area contributed by atoms with Crippen molar-refractivity contribution in [3.8, 4) is 0 Å². The van der Waals surface area contributed by atoms with Gasteiger partial charge in [-0.2, -0.15) is 0 Å². The Bertz CT molecular complexity index is 576. The predicted octanol–water partition coefficient (Wildman–Crippen LogP) is 4.51. The van der Waals surface area contributed by atoms with Gasteiger partial charge >= 0.3 is 0 Å². The number of pyridine rings is 1. The molecule has 1 aliphatic carbocycles. The molecule has 0 aliphatic heterocycles. The Morgan fingerprint density at radius 3 is 2.79 bits per heavy atom. The highest BCUT2D eigenvalue weighted by atomic mass is 79.9. The highest BCUT2D eigenvalue weighted by Gasteiger charge is 2.30. The lowest BCUT2D eigenvalue weighted by Crippen LogP contribution is -2.34. The monoisotopic (exact) mass is 316 g/mol. The Balaban J connectivity index is 1.60. The third-order valence-electron chi connectivity index (χ3n) is 3.77. The standard InChI is InChI=1S/C16H17BrN2/c1-11-4-2-5-12(8-11)13-9-14(10-13)19-15-6-3-7-18-16(15)17/h2-8,13-14,19H,9-10H2,1H3. The second kappa shape index (κ2) is 5.33. The van der Waals surface area contributed by atoms with Crippen LogP contribution in [0, 0.1) is 6.92 Å². The summed E-state index contributed by atoms with van der Waals surface area (Å²) >= 11 is 3.47. The summed E-state index contributed by atoms with van der Waals surface area (Å²) in [4.78, 5) is 4.23. The molecule has 98 valence electrons. The van der Waals surface area contributed by atoms with Gasteiger partial charge in [0.05, 0.1) is 5.69 Å². The zero-order chi connectivity index (χ0) is 13.2. The number of anilines is 1. The summed E-state index contributed by atoms with van der Waals surface area (Å²) in [5.41, 5.74) is 3.92. The third kappa shape index (κ3) is 2.81. The van der Waals surface area contributed by atoms with Crippen LogP contribution in [0.5, 0.6) is 0 Å². The topological polar surface area (TPSA) is 24.9 Å². The maximum atomic E-state index is 4.23. The zero-order valence-corrected chi connectivity index (χ0v) is 12.5. The smallest absolute Gasteiger partial charge is 0.129 e. The molecule has 1 aromatic heterocycles. The molecule has 0 amide bonds. The van der Waals surface area contributed by atoms with Gasteiger partial charge < -0.3 is 5.32 Å². The van der Waals surface area contributed by atoms with Crippen LogP contribution < -0.4 is 5.32 Å². The lowest BCUT2D eigenvalue weighted by molar-refractivity contribution is 0.374. The fourth-order valence-electron chi connectivity index (χ4n) is 2.65. The minimum atomic E-state index is 0.561. The molecule has 1 saturated carbocycles. The molecule has 19 heavy (non-hydrogen) atoms. The van der Waals surface area contributed by atoms with Crippen molar-refractivity contribution in [3.05, 3.63) is 58.3 Å². The van der Waals surface area contributed by atoms with Crippen LogP contribution in [0.15, 0.2) is 47.2 Å². The normalized spacial score (nSPS) is 21.8. The van der Waals surface area contributed by atoms with Crippen molar-refractivity contribution in [1.29, 1.82) is 0 Å². The van der Waals surface area contributed by atoms with Gasteiger partial charge in [-0.15, -0.1) is 0 Å². The van der Waals surface area contributed by atoms with Gasteiger partial charge in [0.2, 0.25) is 0 Å². The molecule has 1 aliphatic rings. The fraction of sp³-hybridized carbons (Fsp3) is 0.312. The first-order valence-corrected chi connectivity index (χ1v) is 7.45. The molecule has 0 atom stereocenters. The highest BCUT2D eigenvalue weighted by Crippen LogP contribution is 2.39. The van der Waals surface area contributed by atoms with Crippen LogP contribution in [0.4, 0.5) is 5.69 Å². The van der Waals surface area contributed by atoms with Gasteiger partial charge in [-0.25, -0.2) is 4.98 Å². The first-order valence-electron chi connectivity index (χ1n) is 6.66. The summed E-state index contributed by atoms with van der Waals surface area (Å²) in [6, 6.07) is 13.5. The number of rotatable bonds is 3. The molecule has 1 heterocycles. The van der Waals surface area contributed by atoms with Crippen molar-refractivity contribution in [1.82, 2.24) is 4.98 Å². The Labute approximate surface area is 122 Å². The van der Waals surface area contributed by atoms with Gasteiger partial charge in [0.25, 0.3) is 0 Å². The van der Waals surface area contributed by atoms with E-state index < -0.39 is 0 Å². The van der Waals surface area contributed by atoms with E-state index in [1.165, 1.54) is 24.0 Å². The molecule has 0 spiro atoms. The molecule has 2 aromatic rings. The second-order valence-electron chi connectivity index (χ2n) is 5.27. The highest BCUT2D eigenvalue weighted by molar-refractivity contribution is 9.10. The Hall–Kier alpha value is -1.35. The van der Waals surface area contributed by atoms with Gasteiger partial charge in [0.1, 0.15) is 4.60 Å². The van der Waals surface area contributed by atoms with E-state index in [9.17, 15) is 0 Å². The number of hydrogen-bond donors (Lipinski definition) is 1. The fourth-order valence-corrected chi connectivity index (χ4v) is 3.01. The second-order valence-corrected chi connectivity index (χ2v) is 6.02. The summed E-state index contributed by atoms with van der Waals surface area (Å²) in [5.74, 6) is 0.702. The lowest BCUT2D eigenvalue weighted by atomic mass is 9.75. The molecule has 1 aromatic carbocycles. The summed E-state index contributed by atoms with van der Waals surface area (Å²) in [7, 11) is 0. The van der Waals surface area contributed by atoms with E-state index >= 15 is 0 Å². The van der Waals surface area contributed by atoms with Crippen molar-refractivity contribution in [2.24, 2.45) is 0 Å². The quantitative estimate of drug-likeness (QED) is 0.843. The van der Waals surface area contributed by atoms with Crippen molar-refractivity contribution in [2.45, 2.75) is 31.7 Å². The van der Waals surface area contributed by atoms with E-state index in [1.807, 2.05) is 6.07 Å². The molecule has 0 bridgehead atoms. The average Bonchev–Trinajstić information content (AvgIpc) is 2.35. The van der Waals surface area contributed by atoms with Crippen molar-refractivity contribution < 1.29 is 0 Å². The number of aryl methyl sites for hydroxylation is 1. The summed E-state index contributed by atoms with van der Waals surface area (Å²) in [6.07, 6.45) is 4.20. The largest absolute Gasteiger partial charge is 0.380 e. The van der Waals surface area contributed by atoms with E-state index in [0.717, 1.165) is 10.3 Å². The van der Waals surface area contributed by atoms with Crippen LogP contribution in [-0.2, 0) is 0 Å². The first-order chi connectivity index (χ1) is 9.22. The van der Waals surface area contributed by atoms with E-state index in [0.29, 0.717) is 12.0 Å². The van der Waals surface area contributed by atoms with Crippen LogP contribution in [0.3, 0.4) is 0 Å². The minimum absolute atomic E-state index is 0.561. The SMILES string of the molecule is Cc1cccc(C2CC(Nc3cccnc3Br)C2)c1. The number of halogens is 1. The van der Waals surface area contributed by atoms with Crippen molar-refractivity contribution in [3.63, 3.8) is 0 Å². The molecule has 1 N–H and O–H groups in total. The maximum Gasteiger partial charge on any atom is 0.129 e. The molecular weight excluding hydrogens is 300 g/mol. The zero-order valence-electron chi connectivity index (χ0n) is 10.9. The van der Waals surface area contributed by atoms with Crippen LogP contribution in [0.25, 0.3) is 0 Å². The molecule has 3 heteroatoms. The van der Waals surface area contributed by atoms with E-state index in [-0.39, 0.29) is 0 Å². The molecule has 0 saturated heterocycles.